The summed E-state index contributed by atoms with van der Waals surface area (Å²) in [6.07, 6.45) is 3.52. The largest absolute Gasteiger partial charge is 0.445 e. The molecular formula is C22H25N3O3. The summed E-state index contributed by atoms with van der Waals surface area (Å²) in [5.74, 6) is 0. The van der Waals surface area contributed by atoms with E-state index in [0.717, 1.165) is 36.9 Å². The number of fused-ring (bicyclic) bond motifs is 1. The lowest BCUT2D eigenvalue weighted by atomic mass is 10.1. The third-order valence-electron chi connectivity index (χ3n) is 5.40. The standard InChI is InChI=1S/C22H25N3O3/c26-21(24-20-11-5-9-17-8-4-10-19(17)20)25-13-12-18(14-25)23-22(27)28-15-16-6-2-1-3-7-16/h1-3,5-7,9,11,18H,4,8,10,12-15H2,(H,23,27)(H,24,26)/t18-/m0/s1. The van der Waals surface area contributed by atoms with Crippen LogP contribution < -0.4 is 10.6 Å². The number of urea groups is 1. The molecule has 0 saturated carbocycles. The Labute approximate surface area is 164 Å². The van der Waals surface area contributed by atoms with Crippen LogP contribution in [0.1, 0.15) is 29.5 Å². The SMILES string of the molecule is O=C(N[C@H]1CCN(C(=O)Nc2cccc3c2CCC3)C1)OCc1ccccc1. The van der Waals surface area contributed by atoms with Crippen LogP contribution >= 0.6 is 0 Å². The second kappa shape index (κ2) is 8.33. The molecule has 146 valence electrons. The number of hydrogen-bond acceptors (Lipinski definition) is 3. The molecule has 0 spiro atoms. The molecule has 0 bridgehead atoms. The minimum atomic E-state index is -0.447. The monoisotopic (exact) mass is 379 g/mol. The Balaban J connectivity index is 1.25. The number of carbonyl (C=O) groups excluding carboxylic acids is 2. The lowest BCUT2D eigenvalue weighted by Gasteiger charge is -2.19. The molecular weight excluding hydrogens is 354 g/mol. The van der Waals surface area contributed by atoms with Crippen molar-refractivity contribution in [2.75, 3.05) is 18.4 Å². The first-order chi connectivity index (χ1) is 13.7. The zero-order chi connectivity index (χ0) is 19.3. The van der Waals surface area contributed by atoms with E-state index in [2.05, 4.69) is 16.7 Å². The Kier molecular flexibility index (Phi) is 5.46. The number of hydrogen-bond donors (Lipinski definition) is 2. The van der Waals surface area contributed by atoms with Gasteiger partial charge in [0.25, 0.3) is 0 Å². The van der Waals surface area contributed by atoms with Gasteiger partial charge in [0.05, 0.1) is 6.04 Å². The van der Waals surface area contributed by atoms with Gasteiger partial charge in [0.2, 0.25) is 0 Å². The van der Waals surface area contributed by atoms with E-state index in [1.165, 1.54) is 11.1 Å². The predicted molar refractivity (Wildman–Crippen MR) is 107 cm³/mol. The van der Waals surface area contributed by atoms with Gasteiger partial charge in [0.15, 0.2) is 0 Å². The molecule has 1 fully saturated rings. The predicted octanol–water partition coefficient (Wildman–Crippen LogP) is 3.71. The number of carbonyl (C=O) groups is 2. The molecule has 1 heterocycles. The highest BCUT2D eigenvalue weighted by molar-refractivity contribution is 5.90. The van der Waals surface area contributed by atoms with Gasteiger partial charge in [0.1, 0.15) is 6.61 Å². The third-order valence-corrected chi connectivity index (χ3v) is 5.40. The van der Waals surface area contributed by atoms with Gasteiger partial charge in [0, 0.05) is 18.8 Å². The van der Waals surface area contributed by atoms with Gasteiger partial charge in [-0.05, 0) is 48.4 Å². The van der Waals surface area contributed by atoms with Crippen LogP contribution in [0.5, 0.6) is 0 Å². The van der Waals surface area contributed by atoms with Gasteiger partial charge < -0.3 is 20.3 Å². The van der Waals surface area contributed by atoms with Crippen molar-refractivity contribution in [1.82, 2.24) is 10.2 Å². The number of aryl methyl sites for hydroxylation is 1. The van der Waals surface area contributed by atoms with E-state index in [4.69, 9.17) is 4.74 Å². The summed E-state index contributed by atoms with van der Waals surface area (Å²) >= 11 is 0. The number of amides is 3. The second-order valence-corrected chi connectivity index (χ2v) is 7.36. The highest BCUT2D eigenvalue weighted by atomic mass is 16.5. The van der Waals surface area contributed by atoms with Gasteiger partial charge in [-0.25, -0.2) is 9.59 Å². The number of nitrogens with zero attached hydrogens (tertiary/aromatic N) is 1. The fourth-order valence-electron chi connectivity index (χ4n) is 3.93. The fourth-order valence-corrected chi connectivity index (χ4v) is 3.93. The Hall–Kier alpha value is -3.02. The minimum Gasteiger partial charge on any atom is -0.445 e. The first-order valence-corrected chi connectivity index (χ1v) is 9.83. The molecule has 1 aliphatic heterocycles. The van der Waals surface area contributed by atoms with E-state index in [9.17, 15) is 9.59 Å². The number of ether oxygens (including phenoxy) is 1. The smallest absolute Gasteiger partial charge is 0.407 e. The lowest BCUT2D eigenvalue weighted by Crippen LogP contribution is -2.40. The lowest BCUT2D eigenvalue weighted by molar-refractivity contribution is 0.136. The highest BCUT2D eigenvalue weighted by Crippen LogP contribution is 2.29. The van der Waals surface area contributed by atoms with Crippen LogP contribution in [0.2, 0.25) is 0 Å². The van der Waals surface area contributed by atoms with E-state index in [0.29, 0.717) is 13.1 Å². The summed E-state index contributed by atoms with van der Waals surface area (Å²) in [5, 5.41) is 5.90. The average Bonchev–Trinajstić information content (AvgIpc) is 3.37. The summed E-state index contributed by atoms with van der Waals surface area (Å²) < 4.78 is 5.26. The van der Waals surface area contributed by atoms with Crippen molar-refractivity contribution in [1.29, 1.82) is 0 Å². The Morgan fingerprint density at radius 2 is 1.93 bits per heavy atom. The van der Waals surface area contributed by atoms with Crippen molar-refractivity contribution >= 4 is 17.8 Å². The molecule has 2 aliphatic rings. The van der Waals surface area contributed by atoms with Crippen LogP contribution in [-0.4, -0.2) is 36.2 Å². The molecule has 4 rings (SSSR count). The van der Waals surface area contributed by atoms with Crippen LogP contribution in [0.15, 0.2) is 48.5 Å². The van der Waals surface area contributed by atoms with E-state index >= 15 is 0 Å². The molecule has 1 aliphatic carbocycles. The van der Waals surface area contributed by atoms with Crippen LogP contribution in [0.25, 0.3) is 0 Å². The van der Waals surface area contributed by atoms with Gasteiger partial charge in [-0.15, -0.1) is 0 Å². The third kappa shape index (κ3) is 4.27. The maximum atomic E-state index is 12.6. The Morgan fingerprint density at radius 1 is 1.07 bits per heavy atom. The Morgan fingerprint density at radius 3 is 2.79 bits per heavy atom. The summed E-state index contributed by atoms with van der Waals surface area (Å²) in [4.78, 5) is 26.4. The molecule has 2 aromatic carbocycles. The maximum absolute atomic E-state index is 12.6. The molecule has 0 radical (unpaired) electrons. The van der Waals surface area contributed by atoms with Crippen molar-refractivity contribution in [2.45, 2.75) is 38.3 Å². The molecule has 3 amide bonds. The number of likely N-dealkylation sites (tertiary alicyclic amines) is 1. The molecule has 6 heteroatoms. The summed E-state index contributed by atoms with van der Waals surface area (Å²) in [6.45, 7) is 1.34. The number of rotatable bonds is 4. The van der Waals surface area contributed by atoms with Crippen LogP contribution in [0.3, 0.4) is 0 Å². The number of benzene rings is 2. The first kappa shape index (κ1) is 18.3. The molecule has 0 unspecified atom stereocenters. The van der Waals surface area contributed by atoms with Crippen LogP contribution in [0, 0.1) is 0 Å². The maximum Gasteiger partial charge on any atom is 0.407 e. The molecule has 28 heavy (non-hydrogen) atoms. The quantitative estimate of drug-likeness (QED) is 0.851. The fraction of sp³-hybridized carbons (Fsp3) is 0.364. The van der Waals surface area contributed by atoms with E-state index in [1.807, 2.05) is 42.5 Å². The number of anilines is 1. The van der Waals surface area contributed by atoms with Gasteiger partial charge in [-0.3, -0.25) is 0 Å². The van der Waals surface area contributed by atoms with Crippen molar-refractivity contribution in [2.24, 2.45) is 0 Å². The minimum absolute atomic E-state index is 0.0875. The van der Waals surface area contributed by atoms with E-state index < -0.39 is 6.09 Å². The number of nitrogens with one attached hydrogen (secondary N) is 2. The van der Waals surface area contributed by atoms with Crippen LogP contribution in [0.4, 0.5) is 15.3 Å². The highest BCUT2D eigenvalue weighted by Gasteiger charge is 2.28. The number of alkyl carbamates (subject to hydrolysis) is 1. The zero-order valence-electron chi connectivity index (χ0n) is 15.8. The van der Waals surface area contributed by atoms with Crippen LogP contribution in [-0.2, 0) is 24.2 Å². The Bertz CT molecular complexity index is 853. The van der Waals surface area contributed by atoms with Crippen molar-refractivity contribution in [3.8, 4) is 0 Å². The summed E-state index contributed by atoms with van der Waals surface area (Å²) in [7, 11) is 0. The van der Waals surface area contributed by atoms with Crippen molar-refractivity contribution in [3.63, 3.8) is 0 Å². The first-order valence-electron chi connectivity index (χ1n) is 9.83. The molecule has 1 saturated heterocycles. The summed E-state index contributed by atoms with van der Waals surface area (Å²) in [6, 6.07) is 15.5. The molecule has 0 aromatic heterocycles. The van der Waals surface area contributed by atoms with E-state index in [1.54, 1.807) is 4.90 Å². The average molecular weight is 379 g/mol. The second-order valence-electron chi connectivity index (χ2n) is 7.36. The van der Waals surface area contributed by atoms with Gasteiger partial charge in [-0.1, -0.05) is 42.5 Å². The topological polar surface area (TPSA) is 70.7 Å². The molecule has 6 nitrogen and oxygen atoms in total. The summed E-state index contributed by atoms with van der Waals surface area (Å²) in [5.41, 5.74) is 4.45. The zero-order valence-corrected chi connectivity index (χ0v) is 15.8. The van der Waals surface area contributed by atoms with Gasteiger partial charge in [-0.2, -0.15) is 0 Å². The van der Waals surface area contributed by atoms with E-state index in [-0.39, 0.29) is 18.7 Å². The van der Waals surface area contributed by atoms with Crippen molar-refractivity contribution < 1.29 is 14.3 Å². The van der Waals surface area contributed by atoms with Gasteiger partial charge >= 0.3 is 12.1 Å². The molecule has 2 N–H and O–H groups in total. The van der Waals surface area contributed by atoms with Crippen molar-refractivity contribution in [3.05, 3.63) is 65.2 Å². The molecule has 2 aromatic rings. The molecule has 1 atom stereocenters. The normalized spacial score (nSPS) is 17.9.